The third-order valence-corrected chi connectivity index (χ3v) is 4.19. The van der Waals surface area contributed by atoms with Gasteiger partial charge in [0.25, 0.3) is 0 Å². The second-order valence-electron chi connectivity index (χ2n) is 5.78. The summed E-state index contributed by atoms with van der Waals surface area (Å²) in [7, 11) is 1.81. The minimum Gasteiger partial charge on any atom is -0.395 e. The van der Waals surface area contributed by atoms with Crippen LogP contribution in [0.25, 0.3) is 10.8 Å². The van der Waals surface area contributed by atoms with Crippen molar-refractivity contribution in [3.63, 3.8) is 0 Å². The summed E-state index contributed by atoms with van der Waals surface area (Å²) in [5.74, 6) is 0.0631. The summed E-state index contributed by atoms with van der Waals surface area (Å²) in [6.45, 7) is 0.555. The lowest BCUT2D eigenvalue weighted by molar-refractivity contribution is -0.137. The molecule has 2 aromatic rings. The van der Waals surface area contributed by atoms with Crippen LogP contribution in [0.1, 0.15) is 18.4 Å². The molecule has 104 valence electrons. The van der Waals surface area contributed by atoms with Crippen molar-refractivity contribution in [3.8, 4) is 0 Å². The van der Waals surface area contributed by atoms with E-state index in [9.17, 15) is 9.90 Å². The topological polar surface area (TPSA) is 40.5 Å². The first-order valence-corrected chi connectivity index (χ1v) is 6.99. The van der Waals surface area contributed by atoms with Gasteiger partial charge in [0.1, 0.15) is 0 Å². The number of amides is 1. The molecule has 1 fully saturated rings. The third-order valence-electron chi connectivity index (χ3n) is 4.19. The number of aliphatic hydroxyl groups excluding tert-OH is 1. The van der Waals surface area contributed by atoms with Gasteiger partial charge in [-0.2, -0.15) is 0 Å². The van der Waals surface area contributed by atoms with Gasteiger partial charge in [-0.3, -0.25) is 4.79 Å². The smallest absolute Gasteiger partial charge is 0.231 e. The van der Waals surface area contributed by atoms with Crippen LogP contribution in [-0.2, 0) is 11.3 Å². The molecule has 0 saturated heterocycles. The van der Waals surface area contributed by atoms with E-state index in [1.54, 1.807) is 4.90 Å². The van der Waals surface area contributed by atoms with Crippen LogP contribution in [0.4, 0.5) is 0 Å². The molecule has 0 bridgehead atoms. The number of hydrogen-bond acceptors (Lipinski definition) is 2. The molecule has 3 nitrogen and oxygen atoms in total. The Morgan fingerprint density at radius 3 is 2.55 bits per heavy atom. The van der Waals surface area contributed by atoms with Crippen molar-refractivity contribution in [3.05, 3.63) is 48.0 Å². The number of carbonyl (C=O) groups excluding carboxylic acids is 1. The molecular weight excluding hydrogens is 250 g/mol. The van der Waals surface area contributed by atoms with Gasteiger partial charge in [0.2, 0.25) is 5.91 Å². The molecule has 1 aliphatic rings. The quantitative estimate of drug-likeness (QED) is 0.926. The van der Waals surface area contributed by atoms with Crippen LogP contribution in [0.3, 0.4) is 0 Å². The van der Waals surface area contributed by atoms with E-state index in [0.29, 0.717) is 6.54 Å². The number of rotatable bonds is 4. The number of nitrogens with zero attached hydrogens (tertiary/aromatic N) is 1. The maximum Gasteiger partial charge on any atom is 0.231 e. The number of fused-ring (bicyclic) bond motifs is 1. The van der Waals surface area contributed by atoms with Crippen LogP contribution in [0.2, 0.25) is 0 Å². The van der Waals surface area contributed by atoms with E-state index in [0.717, 1.165) is 18.4 Å². The van der Waals surface area contributed by atoms with Crippen LogP contribution >= 0.6 is 0 Å². The lowest BCUT2D eigenvalue weighted by atomic mass is 10.0. The molecule has 3 rings (SSSR count). The fourth-order valence-electron chi connectivity index (χ4n) is 2.68. The molecule has 1 amide bonds. The number of aliphatic hydroxyl groups is 1. The maximum absolute atomic E-state index is 12.3. The van der Waals surface area contributed by atoms with E-state index in [2.05, 4.69) is 30.3 Å². The number of benzene rings is 2. The van der Waals surface area contributed by atoms with Crippen molar-refractivity contribution in [1.82, 2.24) is 4.90 Å². The molecule has 1 saturated carbocycles. The normalized spacial score (nSPS) is 16.1. The SMILES string of the molecule is CN(Cc1ccc2ccccc2c1)C(=O)C1(CO)CC1. The average Bonchev–Trinajstić information content (AvgIpc) is 3.27. The predicted molar refractivity (Wildman–Crippen MR) is 79.2 cm³/mol. The van der Waals surface area contributed by atoms with Crippen LogP contribution in [0, 0.1) is 5.41 Å². The molecule has 0 spiro atoms. The summed E-state index contributed by atoms with van der Waals surface area (Å²) in [5, 5.41) is 11.7. The van der Waals surface area contributed by atoms with Gasteiger partial charge in [0.15, 0.2) is 0 Å². The van der Waals surface area contributed by atoms with Crippen molar-refractivity contribution in [2.75, 3.05) is 13.7 Å². The summed E-state index contributed by atoms with van der Waals surface area (Å²) < 4.78 is 0. The highest BCUT2D eigenvalue weighted by atomic mass is 16.3. The fraction of sp³-hybridized carbons (Fsp3) is 0.353. The van der Waals surface area contributed by atoms with Crippen molar-refractivity contribution in [2.24, 2.45) is 5.41 Å². The Morgan fingerprint density at radius 1 is 1.20 bits per heavy atom. The lowest BCUT2D eigenvalue weighted by Crippen LogP contribution is -2.35. The second kappa shape index (κ2) is 4.91. The van der Waals surface area contributed by atoms with Crippen LogP contribution in [0.5, 0.6) is 0 Å². The van der Waals surface area contributed by atoms with Gasteiger partial charge in [0, 0.05) is 13.6 Å². The molecule has 0 aromatic heterocycles. The van der Waals surface area contributed by atoms with Gasteiger partial charge >= 0.3 is 0 Å². The highest BCUT2D eigenvalue weighted by Crippen LogP contribution is 2.46. The first-order chi connectivity index (χ1) is 9.64. The van der Waals surface area contributed by atoms with E-state index >= 15 is 0 Å². The molecular formula is C17H19NO2. The first kappa shape index (κ1) is 13.1. The standard InChI is InChI=1S/C17H19NO2/c1-18(16(20)17(12-19)8-9-17)11-13-6-7-14-4-2-3-5-15(14)10-13/h2-7,10,19H,8-9,11-12H2,1H3. The van der Waals surface area contributed by atoms with Crippen molar-refractivity contribution < 1.29 is 9.90 Å². The van der Waals surface area contributed by atoms with E-state index in [1.807, 2.05) is 19.2 Å². The zero-order valence-electron chi connectivity index (χ0n) is 11.7. The van der Waals surface area contributed by atoms with E-state index in [-0.39, 0.29) is 12.5 Å². The van der Waals surface area contributed by atoms with Gasteiger partial charge < -0.3 is 10.0 Å². The molecule has 1 aliphatic carbocycles. The second-order valence-corrected chi connectivity index (χ2v) is 5.78. The third kappa shape index (κ3) is 2.29. The van der Waals surface area contributed by atoms with E-state index in [4.69, 9.17) is 0 Å². The average molecular weight is 269 g/mol. The van der Waals surface area contributed by atoms with Crippen molar-refractivity contribution in [2.45, 2.75) is 19.4 Å². The zero-order valence-corrected chi connectivity index (χ0v) is 11.7. The Balaban J connectivity index is 1.77. The van der Waals surface area contributed by atoms with Gasteiger partial charge in [-0.1, -0.05) is 36.4 Å². The zero-order chi connectivity index (χ0) is 14.2. The molecule has 0 radical (unpaired) electrons. The summed E-state index contributed by atoms with van der Waals surface area (Å²) in [5.41, 5.74) is 0.638. The Labute approximate surface area is 118 Å². The predicted octanol–water partition coefficient (Wildman–Crippen LogP) is 2.57. The van der Waals surface area contributed by atoms with Crippen molar-refractivity contribution in [1.29, 1.82) is 0 Å². The van der Waals surface area contributed by atoms with Gasteiger partial charge in [-0.25, -0.2) is 0 Å². The molecule has 0 unspecified atom stereocenters. The Morgan fingerprint density at radius 2 is 1.90 bits per heavy atom. The molecule has 20 heavy (non-hydrogen) atoms. The Kier molecular flexibility index (Phi) is 3.22. The molecule has 1 N–H and O–H groups in total. The largest absolute Gasteiger partial charge is 0.395 e. The number of carbonyl (C=O) groups is 1. The van der Waals surface area contributed by atoms with Gasteiger partial charge in [0.05, 0.1) is 12.0 Å². The molecule has 3 heteroatoms. The van der Waals surface area contributed by atoms with Crippen molar-refractivity contribution >= 4 is 16.7 Å². The lowest BCUT2D eigenvalue weighted by Gasteiger charge is -2.22. The van der Waals surface area contributed by atoms with E-state index in [1.165, 1.54) is 10.8 Å². The monoisotopic (exact) mass is 269 g/mol. The minimum atomic E-state index is -0.481. The van der Waals surface area contributed by atoms with E-state index < -0.39 is 5.41 Å². The van der Waals surface area contributed by atoms with Crippen LogP contribution in [-0.4, -0.2) is 29.6 Å². The fourth-order valence-corrected chi connectivity index (χ4v) is 2.68. The van der Waals surface area contributed by atoms with Crippen LogP contribution in [0.15, 0.2) is 42.5 Å². The summed E-state index contributed by atoms with van der Waals surface area (Å²) in [6, 6.07) is 14.5. The summed E-state index contributed by atoms with van der Waals surface area (Å²) >= 11 is 0. The highest BCUT2D eigenvalue weighted by molar-refractivity contribution is 5.86. The number of hydrogen-bond donors (Lipinski definition) is 1. The minimum absolute atomic E-state index is 0.0338. The molecule has 0 heterocycles. The van der Waals surface area contributed by atoms with Gasteiger partial charge in [-0.05, 0) is 35.2 Å². The Hall–Kier alpha value is -1.87. The first-order valence-electron chi connectivity index (χ1n) is 6.99. The summed E-state index contributed by atoms with van der Waals surface area (Å²) in [4.78, 5) is 14.0. The maximum atomic E-state index is 12.3. The van der Waals surface area contributed by atoms with Crippen LogP contribution < -0.4 is 0 Å². The molecule has 0 aliphatic heterocycles. The molecule has 2 aromatic carbocycles. The highest BCUT2D eigenvalue weighted by Gasteiger charge is 2.50. The van der Waals surface area contributed by atoms with Gasteiger partial charge in [-0.15, -0.1) is 0 Å². The Bertz CT molecular complexity index is 646. The molecule has 0 atom stereocenters. The summed E-state index contributed by atoms with van der Waals surface area (Å²) in [6.07, 6.45) is 1.62.